The number of nitrogens with zero attached hydrogens (tertiary/aromatic N) is 2. The van der Waals surface area contributed by atoms with E-state index in [0.717, 1.165) is 0 Å². The lowest BCUT2D eigenvalue weighted by Gasteiger charge is -2.30. The van der Waals surface area contributed by atoms with Gasteiger partial charge in [0.15, 0.2) is 0 Å². The van der Waals surface area contributed by atoms with Crippen molar-refractivity contribution in [3.05, 3.63) is 0 Å². The topological polar surface area (TPSA) is 70.1 Å². The molecular weight excluding hydrogens is 178 g/mol. The Balaban J connectivity index is 4.57. The van der Waals surface area contributed by atoms with E-state index < -0.39 is 12.1 Å². The van der Waals surface area contributed by atoms with E-state index in [1.54, 1.807) is 14.0 Å². The summed E-state index contributed by atoms with van der Waals surface area (Å²) < 4.78 is 0. The molecule has 0 aliphatic heterocycles. The summed E-state index contributed by atoms with van der Waals surface area (Å²) in [7, 11) is 1.60. The molecule has 0 aromatic rings. The Morgan fingerprint density at radius 2 is 1.93 bits per heavy atom. The lowest BCUT2D eigenvalue weighted by atomic mass is 9.86. The number of rotatable bonds is 2. The Kier molecular flexibility index (Phi) is 4.08. The lowest BCUT2D eigenvalue weighted by molar-refractivity contribution is -0.134. The quantitative estimate of drug-likeness (QED) is 0.709. The fraction of sp³-hybridized carbons (Fsp3) is 0.800. The first kappa shape index (κ1) is 12.9. The largest absolute Gasteiger partial charge is 0.329 e. The van der Waals surface area contributed by atoms with E-state index in [9.17, 15) is 4.79 Å². The molecule has 0 saturated carbocycles. The normalized spacial score (nSPS) is 15.5. The SMILES string of the molecule is CC(C#N)N(C)C(=O)C(N)C(C)(C)C. The monoisotopic (exact) mass is 197 g/mol. The van der Waals surface area contributed by atoms with Crippen molar-refractivity contribution >= 4 is 5.91 Å². The van der Waals surface area contributed by atoms with Gasteiger partial charge in [0.25, 0.3) is 0 Å². The van der Waals surface area contributed by atoms with Crippen molar-refractivity contribution < 1.29 is 4.79 Å². The van der Waals surface area contributed by atoms with Crippen LogP contribution in [0.25, 0.3) is 0 Å². The zero-order valence-electron chi connectivity index (χ0n) is 9.53. The molecule has 4 heteroatoms. The van der Waals surface area contributed by atoms with Crippen LogP contribution in [0, 0.1) is 16.7 Å². The van der Waals surface area contributed by atoms with Gasteiger partial charge in [-0.3, -0.25) is 4.79 Å². The molecule has 0 heterocycles. The summed E-state index contributed by atoms with van der Waals surface area (Å²) in [5, 5.41) is 8.65. The number of likely N-dealkylation sites (N-methyl/N-ethyl adjacent to an activating group) is 1. The molecule has 0 radical (unpaired) electrons. The van der Waals surface area contributed by atoms with Crippen LogP contribution in [0.4, 0.5) is 0 Å². The zero-order chi connectivity index (χ0) is 11.5. The average molecular weight is 197 g/mol. The molecule has 0 aromatic carbocycles. The summed E-state index contributed by atoms with van der Waals surface area (Å²) in [6.07, 6.45) is 0. The fourth-order valence-electron chi connectivity index (χ4n) is 0.867. The summed E-state index contributed by atoms with van der Waals surface area (Å²) >= 11 is 0. The van der Waals surface area contributed by atoms with Gasteiger partial charge in [0, 0.05) is 7.05 Å². The maximum absolute atomic E-state index is 11.7. The second-order valence-corrected chi connectivity index (χ2v) is 4.60. The minimum atomic E-state index is -0.566. The smallest absolute Gasteiger partial charge is 0.240 e. The van der Waals surface area contributed by atoms with Crippen molar-refractivity contribution in [3.8, 4) is 6.07 Å². The molecule has 0 saturated heterocycles. The van der Waals surface area contributed by atoms with Crippen molar-refractivity contribution in [2.75, 3.05) is 7.05 Å². The average Bonchev–Trinajstić information content (AvgIpc) is 2.11. The van der Waals surface area contributed by atoms with Gasteiger partial charge < -0.3 is 10.6 Å². The maximum atomic E-state index is 11.7. The van der Waals surface area contributed by atoms with E-state index in [1.807, 2.05) is 26.8 Å². The van der Waals surface area contributed by atoms with E-state index in [0.29, 0.717) is 0 Å². The zero-order valence-corrected chi connectivity index (χ0v) is 9.53. The van der Waals surface area contributed by atoms with Crippen LogP contribution >= 0.6 is 0 Å². The summed E-state index contributed by atoms with van der Waals surface area (Å²) in [6.45, 7) is 7.38. The van der Waals surface area contributed by atoms with Crippen LogP contribution in [0.3, 0.4) is 0 Å². The number of nitrogens with two attached hydrogens (primary N) is 1. The standard InChI is InChI=1S/C10H19N3O/c1-7(6-11)13(5)9(14)8(12)10(2,3)4/h7-8H,12H2,1-5H3. The van der Waals surface area contributed by atoms with Gasteiger partial charge in [0.05, 0.1) is 12.1 Å². The second-order valence-electron chi connectivity index (χ2n) is 4.60. The molecule has 14 heavy (non-hydrogen) atoms. The highest BCUT2D eigenvalue weighted by atomic mass is 16.2. The summed E-state index contributed by atoms with van der Waals surface area (Å²) in [4.78, 5) is 13.1. The van der Waals surface area contributed by atoms with Crippen LogP contribution in [-0.4, -0.2) is 29.9 Å². The van der Waals surface area contributed by atoms with Crippen molar-refractivity contribution in [3.63, 3.8) is 0 Å². The van der Waals surface area contributed by atoms with Crippen LogP contribution in [0.2, 0.25) is 0 Å². The van der Waals surface area contributed by atoms with Gasteiger partial charge in [-0.15, -0.1) is 0 Å². The van der Waals surface area contributed by atoms with Crippen molar-refractivity contribution in [1.82, 2.24) is 4.90 Å². The molecule has 80 valence electrons. The number of amides is 1. The number of hydrogen-bond donors (Lipinski definition) is 1. The van der Waals surface area contributed by atoms with E-state index in [4.69, 9.17) is 11.0 Å². The van der Waals surface area contributed by atoms with Crippen molar-refractivity contribution in [2.45, 2.75) is 39.8 Å². The molecule has 1 amide bonds. The first-order chi connectivity index (χ1) is 6.21. The lowest BCUT2D eigenvalue weighted by Crippen LogP contribution is -2.51. The van der Waals surface area contributed by atoms with E-state index in [1.165, 1.54) is 4.90 Å². The van der Waals surface area contributed by atoms with E-state index >= 15 is 0 Å². The summed E-state index contributed by atoms with van der Waals surface area (Å²) in [6, 6.07) is 1.00. The van der Waals surface area contributed by atoms with Crippen molar-refractivity contribution in [1.29, 1.82) is 5.26 Å². The Labute approximate surface area is 85.7 Å². The molecule has 4 nitrogen and oxygen atoms in total. The Morgan fingerprint density at radius 3 is 2.21 bits per heavy atom. The Bertz CT molecular complexity index is 249. The first-order valence-electron chi connectivity index (χ1n) is 4.63. The molecule has 0 aromatic heterocycles. The highest BCUT2D eigenvalue weighted by molar-refractivity contribution is 5.82. The third-order valence-electron chi connectivity index (χ3n) is 2.31. The van der Waals surface area contributed by atoms with Gasteiger partial charge in [-0.25, -0.2) is 0 Å². The molecule has 2 N–H and O–H groups in total. The molecule has 0 spiro atoms. The van der Waals surface area contributed by atoms with Crippen LogP contribution in [0.1, 0.15) is 27.7 Å². The first-order valence-corrected chi connectivity index (χ1v) is 4.63. The third-order valence-corrected chi connectivity index (χ3v) is 2.31. The Hall–Kier alpha value is -1.08. The van der Waals surface area contributed by atoms with Crippen LogP contribution in [0.5, 0.6) is 0 Å². The molecule has 2 atom stereocenters. The fourth-order valence-corrected chi connectivity index (χ4v) is 0.867. The second kappa shape index (κ2) is 4.43. The van der Waals surface area contributed by atoms with Gasteiger partial charge in [-0.2, -0.15) is 5.26 Å². The predicted octanol–water partition coefficient (Wildman–Crippen LogP) is 0.730. The number of nitriles is 1. The molecule has 2 unspecified atom stereocenters. The Morgan fingerprint density at radius 1 is 1.50 bits per heavy atom. The molecule has 0 rings (SSSR count). The van der Waals surface area contributed by atoms with Crippen molar-refractivity contribution in [2.24, 2.45) is 11.1 Å². The third kappa shape index (κ3) is 3.00. The van der Waals surface area contributed by atoms with Gasteiger partial charge in [-0.1, -0.05) is 20.8 Å². The van der Waals surface area contributed by atoms with Gasteiger partial charge in [-0.05, 0) is 12.3 Å². The molecule has 0 bridgehead atoms. The highest BCUT2D eigenvalue weighted by Gasteiger charge is 2.31. The van der Waals surface area contributed by atoms with Gasteiger partial charge in [0.2, 0.25) is 5.91 Å². The summed E-state index contributed by atoms with van der Waals surface area (Å²) in [5.41, 5.74) is 5.51. The van der Waals surface area contributed by atoms with Gasteiger partial charge in [0.1, 0.15) is 6.04 Å². The van der Waals surface area contributed by atoms with Crippen LogP contribution in [0.15, 0.2) is 0 Å². The van der Waals surface area contributed by atoms with E-state index in [2.05, 4.69) is 0 Å². The highest BCUT2D eigenvalue weighted by Crippen LogP contribution is 2.19. The summed E-state index contributed by atoms with van der Waals surface area (Å²) in [5.74, 6) is -0.188. The molecule has 0 aliphatic carbocycles. The molecule has 0 fully saturated rings. The predicted molar refractivity (Wildman–Crippen MR) is 55.3 cm³/mol. The maximum Gasteiger partial charge on any atom is 0.240 e. The molecule has 0 aliphatic rings. The van der Waals surface area contributed by atoms with Crippen LogP contribution < -0.4 is 5.73 Å². The minimum Gasteiger partial charge on any atom is -0.329 e. The number of carbonyl (C=O) groups excluding carboxylic acids is 1. The van der Waals surface area contributed by atoms with Crippen LogP contribution in [-0.2, 0) is 4.79 Å². The number of carbonyl (C=O) groups is 1. The molecular formula is C10H19N3O. The minimum absolute atomic E-state index is 0.188. The number of hydrogen-bond acceptors (Lipinski definition) is 3. The van der Waals surface area contributed by atoms with Gasteiger partial charge >= 0.3 is 0 Å². The van der Waals surface area contributed by atoms with E-state index in [-0.39, 0.29) is 11.3 Å².